The van der Waals surface area contributed by atoms with Gasteiger partial charge in [0, 0.05) is 38.1 Å². The summed E-state index contributed by atoms with van der Waals surface area (Å²) < 4.78 is 39.8. The summed E-state index contributed by atoms with van der Waals surface area (Å²) in [6, 6.07) is 13.3. The van der Waals surface area contributed by atoms with Crippen LogP contribution in [0.5, 0.6) is 5.75 Å². The van der Waals surface area contributed by atoms with Gasteiger partial charge in [0.2, 0.25) is 10.0 Å². The van der Waals surface area contributed by atoms with Gasteiger partial charge in [0.05, 0.1) is 28.5 Å². The second-order valence-corrected chi connectivity index (χ2v) is 13.4. The van der Waals surface area contributed by atoms with Gasteiger partial charge in [-0.1, -0.05) is 55.8 Å². The molecule has 8 nitrogen and oxygen atoms in total. The number of hydrogen-bond acceptors (Lipinski definition) is 7. The predicted molar refractivity (Wildman–Crippen MR) is 148 cm³/mol. The quantitative estimate of drug-likeness (QED) is 0.358. The van der Waals surface area contributed by atoms with Crippen molar-refractivity contribution in [2.24, 2.45) is 17.8 Å². The van der Waals surface area contributed by atoms with Crippen molar-refractivity contribution >= 4 is 27.6 Å². The number of ether oxygens (including phenoxy) is 2. The highest BCUT2D eigenvalue weighted by molar-refractivity contribution is 7.89. The van der Waals surface area contributed by atoms with Crippen molar-refractivity contribution in [2.45, 2.75) is 69.2 Å². The highest BCUT2D eigenvalue weighted by Crippen LogP contribution is 2.37. The molecule has 2 unspecified atom stereocenters. The number of aliphatic hydroxyl groups is 1. The number of benzene rings is 2. The lowest BCUT2D eigenvalue weighted by molar-refractivity contribution is -0.151. The van der Waals surface area contributed by atoms with Crippen molar-refractivity contribution < 1.29 is 32.9 Å². The summed E-state index contributed by atoms with van der Waals surface area (Å²) in [5.41, 5.74) is 0.930. The van der Waals surface area contributed by atoms with E-state index < -0.39 is 28.0 Å². The van der Waals surface area contributed by atoms with Gasteiger partial charge in [-0.3, -0.25) is 4.79 Å². The first-order valence-corrected chi connectivity index (χ1v) is 15.4. The molecule has 2 aromatic rings. The molecule has 1 heterocycles. The summed E-state index contributed by atoms with van der Waals surface area (Å²) in [6.07, 6.45) is 1.62. The third-order valence-corrected chi connectivity index (χ3v) is 9.68. The van der Waals surface area contributed by atoms with Crippen molar-refractivity contribution in [3.05, 3.63) is 59.1 Å². The SMILES string of the molecule is CC(C)CN(C[C@@H](O)[C@@H](CC(=O)OC1CC2CCO[C@@H]2C1)Cc1ccccc1)S(=O)(=O)c1ccc(Cl)c(O)c1. The van der Waals surface area contributed by atoms with Gasteiger partial charge in [-0.05, 0) is 48.8 Å². The average Bonchev–Trinajstić information content (AvgIpc) is 3.47. The largest absolute Gasteiger partial charge is 0.506 e. The highest BCUT2D eigenvalue weighted by Gasteiger charge is 2.40. The molecule has 1 saturated carbocycles. The number of hydrogen-bond donors (Lipinski definition) is 2. The van der Waals surface area contributed by atoms with Crippen LogP contribution in [0.4, 0.5) is 0 Å². The molecule has 0 spiro atoms. The summed E-state index contributed by atoms with van der Waals surface area (Å²) in [4.78, 5) is 12.9. The van der Waals surface area contributed by atoms with E-state index in [2.05, 4.69) is 0 Å². The lowest BCUT2D eigenvalue weighted by atomic mass is 9.90. The molecule has 1 aliphatic carbocycles. The van der Waals surface area contributed by atoms with Crippen LogP contribution in [0.1, 0.15) is 45.1 Å². The van der Waals surface area contributed by atoms with E-state index in [0.717, 1.165) is 31.1 Å². The Morgan fingerprint density at radius 3 is 2.56 bits per heavy atom. The minimum Gasteiger partial charge on any atom is -0.506 e. The molecular formula is C29H38ClNO7S. The van der Waals surface area contributed by atoms with E-state index in [0.29, 0.717) is 18.8 Å². The fourth-order valence-corrected chi connectivity index (χ4v) is 7.32. The molecule has 2 fully saturated rings. The molecule has 39 heavy (non-hydrogen) atoms. The van der Waals surface area contributed by atoms with Crippen LogP contribution in [0, 0.1) is 17.8 Å². The van der Waals surface area contributed by atoms with Crippen LogP contribution in [-0.4, -0.2) is 66.9 Å². The molecule has 214 valence electrons. The molecule has 2 aromatic carbocycles. The number of carbonyl (C=O) groups excluding carboxylic acids is 1. The van der Waals surface area contributed by atoms with E-state index in [4.69, 9.17) is 21.1 Å². The number of sulfonamides is 1. The molecule has 0 aromatic heterocycles. The second-order valence-electron chi connectivity index (χ2n) is 11.1. The van der Waals surface area contributed by atoms with E-state index in [-0.39, 0.29) is 53.3 Å². The number of halogens is 1. The zero-order valence-corrected chi connectivity index (χ0v) is 24.0. The molecular weight excluding hydrogens is 542 g/mol. The number of carbonyl (C=O) groups is 1. The topological polar surface area (TPSA) is 113 Å². The lowest BCUT2D eigenvalue weighted by Gasteiger charge is -2.30. The minimum absolute atomic E-state index is 0.0329. The van der Waals surface area contributed by atoms with Gasteiger partial charge in [-0.2, -0.15) is 4.31 Å². The van der Waals surface area contributed by atoms with Crippen LogP contribution in [0.3, 0.4) is 0 Å². The van der Waals surface area contributed by atoms with Gasteiger partial charge < -0.3 is 19.7 Å². The van der Waals surface area contributed by atoms with Crippen LogP contribution in [0.2, 0.25) is 5.02 Å². The standard InChI is InChI=1S/C29H38ClNO7S/c1-19(2)17-31(39(35,36)24-8-9-25(30)26(32)16-24)18-27(33)22(12-20-6-4-3-5-7-20)14-29(34)38-23-13-21-10-11-37-28(21)15-23/h3-9,16,19,21-23,27-28,32-33H,10-15,17-18H2,1-2H3/t21?,22-,23?,27-,28-/m1/s1. The van der Waals surface area contributed by atoms with Crippen molar-refractivity contribution in [2.75, 3.05) is 19.7 Å². The van der Waals surface area contributed by atoms with E-state index in [1.165, 1.54) is 16.4 Å². The minimum atomic E-state index is -4.07. The maximum Gasteiger partial charge on any atom is 0.306 e. The summed E-state index contributed by atoms with van der Waals surface area (Å²) in [5.74, 6) is -0.916. The van der Waals surface area contributed by atoms with Crippen LogP contribution < -0.4 is 0 Å². The number of aliphatic hydroxyl groups excluding tert-OH is 1. The van der Waals surface area contributed by atoms with Gasteiger partial charge in [-0.15, -0.1) is 0 Å². The first-order chi connectivity index (χ1) is 18.5. The van der Waals surface area contributed by atoms with E-state index in [9.17, 15) is 23.4 Å². The van der Waals surface area contributed by atoms with Gasteiger partial charge in [0.15, 0.2) is 0 Å². The lowest BCUT2D eigenvalue weighted by Crippen LogP contribution is -2.43. The number of rotatable bonds is 12. The molecule has 10 heteroatoms. The predicted octanol–water partition coefficient (Wildman–Crippen LogP) is 4.41. The number of phenols is 1. The number of aromatic hydroxyl groups is 1. The molecule has 1 aliphatic heterocycles. The van der Waals surface area contributed by atoms with E-state index in [1.807, 2.05) is 44.2 Å². The first-order valence-electron chi connectivity index (χ1n) is 13.5. The number of nitrogens with zero attached hydrogens (tertiary/aromatic N) is 1. The zero-order chi connectivity index (χ0) is 28.2. The molecule has 0 radical (unpaired) electrons. The normalized spacial score (nSPS) is 22.7. The number of esters is 1. The Labute approximate surface area is 235 Å². The fourth-order valence-electron chi connectivity index (χ4n) is 5.56. The molecule has 2 N–H and O–H groups in total. The zero-order valence-electron chi connectivity index (χ0n) is 22.4. The summed E-state index contributed by atoms with van der Waals surface area (Å²) in [6.45, 7) is 4.46. The third-order valence-electron chi connectivity index (χ3n) is 7.53. The van der Waals surface area contributed by atoms with Gasteiger partial charge >= 0.3 is 5.97 Å². The van der Waals surface area contributed by atoms with E-state index in [1.54, 1.807) is 0 Å². The number of fused-ring (bicyclic) bond motifs is 1. The smallest absolute Gasteiger partial charge is 0.306 e. The average molecular weight is 580 g/mol. The van der Waals surface area contributed by atoms with Gasteiger partial charge in [0.1, 0.15) is 11.9 Å². The van der Waals surface area contributed by atoms with E-state index >= 15 is 0 Å². The van der Waals surface area contributed by atoms with Crippen molar-refractivity contribution in [1.82, 2.24) is 4.31 Å². The van der Waals surface area contributed by atoms with Crippen LogP contribution >= 0.6 is 11.6 Å². The Kier molecular flexibility index (Phi) is 9.93. The Hall–Kier alpha value is -2.17. The van der Waals surface area contributed by atoms with Crippen LogP contribution in [0.15, 0.2) is 53.4 Å². The summed E-state index contributed by atoms with van der Waals surface area (Å²) in [7, 11) is -4.07. The molecule has 0 bridgehead atoms. The second kappa shape index (κ2) is 13.0. The number of phenolic OH excluding ortho intramolecular Hbond substituents is 1. The summed E-state index contributed by atoms with van der Waals surface area (Å²) >= 11 is 5.89. The Bertz CT molecular complexity index is 1210. The Balaban J connectivity index is 1.50. The summed E-state index contributed by atoms with van der Waals surface area (Å²) in [5, 5.41) is 21.5. The van der Waals surface area contributed by atoms with Gasteiger partial charge in [0.25, 0.3) is 0 Å². The Morgan fingerprint density at radius 1 is 1.15 bits per heavy atom. The van der Waals surface area contributed by atoms with Gasteiger partial charge in [-0.25, -0.2) is 8.42 Å². The highest BCUT2D eigenvalue weighted by atomic mass is 35.5. The molecule has 1 saturated heterocycles. The maximum absolute atomic E-state index is 13.6. The van der Waals surface area contributed by atoms with Crippen molar-refractivity contribution in [1.29, 1.82) is 0 Å². The Morgan fingerprint density at radius 2 is 1.90 bits per heavy atom. The molecule has 0 amide bonds. The fraction of sp³-hybridized carbons (Fsp3) is 0.552. The molecule has 5 atom stereocenters. The van der Waals surface area contributed by atoms with Crippen LogP contribution in [-0.2, 0) is 30.7 Å². The van der Waals surface area contributed by atoms with Crippen LogP contribution in [0.25, 0.3) is 0 Å². The van der Waals surface area contributed by atoms with Crippen molar-refractivity contribution in [3.63, 3.8) is 0 Å². The maximum atomic E-state index is 13.6. The molecule has 2 aliphatic rings. The first kappa shape index (κ1) is 29.8. The molecule has 4 rings (SSSR count). The van der Waals surface area contributed by atoms with Crippen molar-refractivity contribution in [3.8, 4) is 5.75 Å². The third kappa shape index (κ3) is 7.73. The monoisotopic (exact) mass is 579 g/mol.